The van der Waals surface area contributed by atoms with Crippen LogP contribution in [0.1, 0.15) is 13.3 Å². The second kappa shape index (κ2) is 8.43. The molecule has 0 aliphatic heterocycles. The number of nitrogens with one attached hydrogen (secondary N) is 1. The van der Waals surface area contributed by atoms with Gasteiger partial charge in [-0.3, -0.25) is 0 Å². The maximum Gasteiger partial charge on any atom is 0.321 e. The molecule has 0 bridgehead atoms. The first kappa shape index (κ1) is 16.3. The molecule has 0 spiro atoms. The Morgan fingerprint density at radius 2 is 1.85 bits per heavy atom. The Bertz CT molecular complexity index is 404. The zero-order chi connectivity index (χ0) is 15.0. The molecule has 1 rings (SSSR count). The van der Waals surface area contributed by atoms with Gasteiger partial charge in [0.05, 0.1) is 6.61 Å². The molecule has 5 heteroatoms. The molecule has 0 aromatic heterocycles. The Hall–Kier alpha value is -1.75. The van der Waals surface area contributed by atoms with Gasteiger partial charge < -0.3 is 19.9 Å². The van der Waals surface area contributed by atoms with Crippen LogP contribution in [0.2, 0.25) is 0 Å². The van der Waals surface area contributed by atoms with Crippen LogP contribution < -0.4 is 10.2 Å². The van der Waals surface area contributed by atoms with Crippen LogP contribution in [-0.2, 0) is 4.74 Å². The smallest absolute Gasteiger partial charge is 0.321 e. The summed E-state index contributed by atoms with van der Waals surface area (Å²) in [5.41, 5.74) is 1.91. The van der Waals surface area contributed by atoms with Crippen molar-refractivity contribution in [2.75, 3.05) is 51.1 Å². The summed E-state index contributed by atoms with van der Waals surface area (Å²) in [6.07, 6.45) is 0.927. The summed E-state index contributed by atoms with van der Waals surface area (Å²) in [5.74, 6) is 0. The highest BCUT2D eigenvalue weighted by Gasteiger charge is 2.12. The highest BCUT2D eigenvalue weighted by Crippen LogP contribution is 2.16. The summed E-state index contributed by atoms with van der Waals surface area (Å²) < 4.78 is 5.03. The van der Waals surface area contributed by atoms with Gasteiger partial charge in [0.2, 0.25) is 0 Å². The summed E-state index contributed by atoms with van der Waals surface area (Å²) in [6.45, 7) is 3.93. The van der Waals surface area contributed by atoms with Crippen LogP contribution in [-0.4, -0.2) is 51.8 Å². The van der Waals surface area contributed by atoms with Crippen molar-refractivity contribution in [3.63, 3.8) is 0 Å². The van der Waals surface area contributed by atoms with Crippen LogP contribution in [0.15, 0.2) is 24.3 Å². The first-order chi connectivity index (χ1) is 9.58. The molecule has 20 heavy (non-hydrogen) atoms. The zero-order valence-corrected chi connectivity index (χ0v) is 12.8. The molecule has 0 aliphatic rings. The molecule has 0 saturated heterocycles. The maximum absolute atomic E-state index is 12.2. The van der Waals surface area contributed by atoms with E-state index in [0.29, 0.717) is 13.2 Å². The molecule has 0 fully saturated rings. The lowest BCUT2D eigenvalue weighted by Gasteiger charge is -2.22. The number of ether oxygens (including phenoxy) is 1. The van der Waals surface area contributed by atoms with Crippen molar-refractivity contribution in [1.82, 2.24) is 4.90 Å². The highest BCUT2D eigenvalue weighted by molar-refractivity contribution is 5.89. The lowest BCUT2D eigenvalue weighted by Crippen LogP contribution is -2.37. The van der Waals surface area contributed by atoms with E-state index >= 15 is 0 Å². The summed E-state index contributed by atoms with van der Waals surface area (Å²) in [4.78, 5) is 16.0. The third-order valence-electron chi connectivity index (χ3n) is 2.98. The van der Waals surface area contributed by atoms with Gasteiger partial charge >= 0.3 is 6.03 Å². The average Bonchev–Trinajstić information content (AvgIpc) is 2.43. The summed E-state index contributed by atoms with van der Waals surface area (Å²) >= 11 is 0. The van der Waals surface area contributed by atoms with Gasteiger partial charge in [0.1, 0.15) is 0 Å². The molecule has 112 valence electrons. The predicted octanol–water partition coefficient (Wildman–Crippen LogP) is 2.64. The number of urea groups is 1. The Kier molecular flexibility index (Phi) is 6.87. The Balaban J connectivity index is 2.62. The molecular weight excluding hydrogens is 254 g/mol. The highest BCUT2D eigenvalue weighted by atomic mass is 16.5. The second-order valence-corrected chi connectivity index (χ2v) is 4.85. The van der Waals surface area contributed by atoms with Crippen LogP contribution >= 0.6 is 0 Å². The Morgan fingerprint density at radius 3 is 2.35 bits per heavy atom. The fourth-order valence-corrected chi connectivity index (χ4v) is 1.83. The van der Waals surface area contributed by atoms with E-state index in [-0.39, 0.29) is 6.03 Å². The van der Waals surface area contributed by atoms with Gasteiger partial charge in [-0.05, 0) is 30.7 Å². The van der Waals surface area contributed by atoms with Gasteiger partial charge in [0, 0.05) is 45.7 Å². The number of nitrogens with zero attached hydrogens (tertiary/aromatic N) is 2. The van der Waals surface area contributed by atoms with Crippen molar-refractivity contribution in [3.8, 4) is 0 Å². The predicted molar refractivity (Wildman–Crippen MR) is 83.5 cm³/mol. The number of benzene rings is 1. The number of hydrogen-bond donors (Lipinski definition) is 1. The molecule has 0 unspecified atom stereocenters. The topological polar surface area (TPSA) is 44.8 Å². The van der Waals surface area contributed by atoms with Gasteiger partial charge in [-0.15, -0.1) is 0 Å². The molecular formula is C15H25N3O2. The van der Waals surface area contributed by atoms with Crippen molar-refractivity contribution < 1.29 is 9.53 Å². The van der Waals surface area contributed by atoms with Crippen LogP contribution in [0.4, 0.5) is 16.2 Å². The fraction of sp³-hybridized carbons (Fsp3) is 0.533. The summed E-state index contributed by atoms with van der Waals surface area (Å²) in [5, 5.41) is 2.91. The van der Waals surface area contributed by atoms with Gasteiger partial charge in [-0.1, -0.05) is 6.92 Å². The summed E-state index contributed by atoms with van der Waals surface area (Å²) in [7, 11) is 5.62. The molecule has 0 atom stereocenters. The van der Waals surface area contributed by atoms with E-state index in [2.05, 4.69) is 12.2 Å². The molecule has 0 aliphatic carbocycles. The zero-order valence-electron chi connectivity index (χ0n) is 12.8. The monoisotopic (exact) mass is 279 g/mol. The first-order valence-electron chi connectivity index (χ1n) is 6.90. The van der Waals surface area contributed by atoms with Crippen LogP contribution in [0.5, 0.6) is 0 Å². The second-order valence-electron chi connectivity index (χ2n) is 4.85. The average molecular weight is 279 g/mol. The van der Waals surface area contributed by atoms with E-state index in [1.807, 2.05) is 43.3 Å². The number of carbonyl (C=O) groups is 1. The lowest BCUT2D eigenvalue weighted by molar-refractivity contribution is 0.155. The van der Waals surface area contributed by atoms with E-state index in [1.165, 1.54) is 0 Å². The molecule has 1 N–H and O–H groups in total. The fourth-order valence-electron chi connectivity index (χ4n) is 1.83. The van der Waals surface area contributed by atoms with Gasteiger partial charge in [-0.2, -0.15) is 0 Å². The van der Waals surface area contributed by atoms with E-state index < -0.39 is 0 Å². The summed E-state index contributed by atoms with van der Waals surface area (Å²) in [6, 6.07) is 7.70. The molecule has 0 heterocycles. The number of carbonyl (C=O) groups excluding carboxylic acids is 1. The minimum Gasteiger partial charge on any atom is -0.383 e. The number of hydrogen-bond acceptors (Lipinski definition) is 3. The van der Waals surface area contributed by atoms with Crippen molar-refractivity contribution in [2.45, 2.75) is 13.3 Å². The normalized spacial score (nSPS) is 10.2. The lowest BCUT2D eigenvalue weighted by atomic mass is 10.2. The first-order valence-corrected chi connectivity index (χ1v) is 6.90. The van der Waals surface area contributed by atoms with Crippen LogP contribution in [0.3, 0.4) is 0 Å². The third-order valence-corrected chi connectivity index (χ3v) is 2.98. The van der Waals surface area contributed by atoms with Gasteiger partial charge in [0.25, 0.3) is 0 Å². The van der Waals surface area contributed by atoms with E-state index in [0.717, 1.165) is 24.3 Å². The Labute approximate surface area is 121 Å². The largest absolute Gasteiger partial charge is 0.383 e. The van der Waals surface area contributed by atoms with Crippen LogP contribution in [0.25, 0.3) is 0 Å². The molecule has 1 aromatic rings. The quantitative estimate of drug-likeness (QED) is 0.834. The van der Waals surface area contributed by atoms with Gasteiger partial charge in [-0.25, -0.2) is 4.79 Å². The number of anilines is 2. The van der Waals surface area contributed by atoms with E-state index in [9.17, 15) is 4.79 Å². The molecule has 5 nitrogen and oxygen atoms in total. The van der Waals surface area contributed by atoms with E-state index in [4.69, 9.17) is 4.74 Å². The molecule has 1 aromatic carbocycles. The Morgan fingerprint density at radius 1 is 1.20 bits per heavy atom. The van der Waals surface area contributed by atoms with Crippen molar-refractivity contribution in [2.24, 2.45) is 0 Å². The van der Waals surface area contributed by atoms with Crippen molar-refractivity contribution in [1.29, 1.82) is 0 Å². The number of rotatable bonds is 7. The maximum atomic E-state index is 12.2. The van der Waals surface area contributed by atoms with E-state index in [1.54, 1.807) is 12.0 Å². The molecule has 0 saturated carbocycles. The standard InChI is InChI=1S/C15H25N3O2/c1-5-10-18(11-12-20-4)15(19)16-13-6-8-14(9-7-13)17(2)3/h6-9H,5,10-12H2,1-4H3,(H,16,19). The van der Waals surface area contributed by atoms with Crippen LogP contribution in [0, 0.1) is 0 Å². The number of methoxy groups -OCH3 is 1. The van der Waals surface area contributed by atoms with Crippen molar-refractivity contribution >= 4 is 17.4 Å². The minimum atomic E-state index is -0.0819. The van der Waals surface area contributed by atoms with Gasteiger partial charge in [0.15, 0.2) is 0 Å². The molecule has 2 amide bonds. The van der Waals surface area contributed by atoms with Crippen molar-refractivity contribution in [3.05, 3.63) is 24.3 Å². The SMILES string of the molecule is CCCN(CCOC)C(=O)Nc1ccc(N(C)C)cc1. The third kappa shape index (κ3) is 5.09. The minimum absolute atomic E-state index is 0.0819. The number of amides is 2. The molecule has 0 radical (unpaired) electrons.